The van der Waals surface area contributed by atoms with Gasteiger partial charge in [-0.1, -0.05) is 13.8 Å². The van der Waals surface area contributed by atoms with Gasteiger partial charge in [0.1, 0.15) is 18.1 Å². The van der Waals surface area contributed by atoms with Gasteiger partial charge in [-0.2, -0.15) is 5.10 Å². The van der Waals surface area contributed by atoms with Crippen molar-refractivity contribution in [2.75, 3.05) is 26.4 Å². The first kappa shape index (κ1) is 27.1. The van der Waals surface area contributed by atoms with Crippen molar-refractivity contribution in [3.05, 3.63) is 59.8 Å². The van der Waals surface area contributed by atoms with E-state index in [1.807, 2.05) is 13.8 Å². The Bertz CT molecular complexity index is 1390. The van der Waals surface area contributed by atoms with Crippen molar-refractivity contribution in [1.82, 2.24) is 24.1 Å². The van der Waals surface area contributed by atoms with E-state index in [2.05, 4.69) is 15.1 Å². The first-order chi connectivity index (χ1) is 18.5. The monoisotopic (exact) mass is 529 g/mol. The van der Waals surface area contributed by atoms with Crippen molar-refractivity contribution in [2.45, 2.75) is 39.7 Å². The molecule has 3 heterocycles. The van der Waals surface area contributed by atoms with Crippen LogP contribution in [0.5, 0.6) is 11.6 Å². The zero-order valence-corrected chi connectivity index (χ0v) is 21.1. The van der Waals surface area contributed by atoms with Crippen LogP contribution in [0.15, 0.2) is 43.0 Å². The molecule has 0 aliphatic rings. The number of imidazole rings is 1. The number of benzene rings is 1. The minimum Gasteiger partial charge on any atom is -0.460 e. The molecule has 0 saturated carbocycles. The Labute approximate surface area is 217 Å². The van der Waals surface area contributed by atoms with E-state index >= 15 is 0 Å². The van der Waals surface area contributed by atoms with E-state index < -0.39 is 12.4 Å². The lowest BCUT2D eigenvalue weighted by atomic mass is 10.1. The number of fused-ring (bicyclic) bond motifs is 1. The molecule has 12 heteroatoms. The molecule has 0 fully saturated rings. The normalized spacial score (nSPS) is 11.4. The lowest BCUT2D eigenvalue weighted by molar-refractivity contribution is 0.0257. The molecule has 202 valence electrons. The van der Waals surface area contributed by atoms with Gasteiger partial charge in [-0.15, -0.1) is 0 Å². The van der Waals surface area contributed by atoms with E-state index in [9.17, 15) is 13.6 Å². The zero-order chi connectivity index (χ0) is 27.1. The Morgan fingerprint density at radius 2 is 2.00 bits per heavy atom. The number of hydrogen-bond acceptors (Lipinski definition) is 8. The smallest absolute Gasteiger partial charge is 0.338 e. The third kappa shape index (κ3) is 5.97. The second-order valence-corrected chi connectivity index (χ2v) is 8.31. The van der Waals surface area contributed by atoms with Crippen molar-refractivity contribution < 1.29 is 32.9 Å². The van der Waals surface area contributed by atoms with Crippen LogP contribution in [0.25, 0.3) is 16.9 Å². The summed E-state index contributed by atoms with van der Waals surface area (Å²) in [5.41, 5.74) is 1.88. The summed E-state index contributed by atoms with van der Waals surface area (Å²) in [5.74, 6) is 0.119. The summed E-state index contributed by atoms with van der Waals surface area (Å²) >= 11 is 0. The largest absolute Gasteiger partial charge is 0.460 e. The molecule has 0 radical (unpaired) electrons. The van der Waals surface area contributed by atoms with Gasteiger partial charge < -0.3 is 19.3 Å². The molecule has 38 heavy (non-hydrogen) atoms. The third-order valence-electron chi connectivity index (χ3n) is 5.71. The minimum absolute atomic E-state index is 0.0684. The van der Waals surface area contributed by atoms with Gasteiger partial charge in [0.2, 0.25) is 5.65 Å². The maximum atomic E-state index is 13.7. The van der Waals surface area contributed by atoms with Gasteiger partial charge in [-0.3, -0.25) is 9.08 Å². The van der Waals surface area contributed by atoms with Crippen LogP contribution in [-0.2, 0) is 22.4 Å². The number of hydrogen-bond donors (Lipinski definition) is 1. The highest BCUT2D eigenvalue weighted by Crippen LogP contribution is 2.33. The van der Waals surface area contributed by atoms with Crippen LogP contribution in [0.1, 0.15) is 48.3 Å². The summed E-state index contributed by atoms with van der Waals surface area (Å²) < 4.78 is 47.0. The molecule has 3 aromatic heterocycles. The fourth-order valence-electron chi connectivity index (χ4n) is 3.98. The topological polar surface area (TPSA) is 113 Å². The van der Waals surface area contributed by atoms with Gasteiger partial charge in [-0.25, -0.2) is 23.5 Å². The Balaban J connectivity index is 1.57. The van der Waals surface area contributed by atoms with Crippen LogP contribution in [0, 0.1) is 0 Å². The van der Waals surface area contributed by atoms with Crippen molar-refractivity contribution in [1.29, 1.82) is 0 Å². The molecule has 10 nitrogen and oxygen atoms in total. The number of esters is 1. The quantitative estimate of drug-likeness (QED) is 0.200. The number of carbonyl (C=O) groups is 1. The highest BCUT2D eigenvalue weighted by atomic mass is 19.3. The number of aliphatic hydroxyl groups is 1. The molecule has 0 aliphatic carbocycles. The standard InChI is InChI=1S/C26H29F2N5O5/c1-3-8-32-16-20(22(31-32)23(27)28)21-15-30-24-25(29-7-9-33(21)24)38-18-5-6-19(17(4-2)14-18)26(35)37-13-12-36-11-10-34/h5-7,9,14-16,23,34H,3-4,8,10-13H2,1-2H3. The molecule has 1 aromatic carbocycles. The van der Waals surface area contributed by atoms with Gasteiger partial charge in [0.25, 0.3) is 12.3 Å². The fourth-order valence-corrected chi connectivity index (χ4v) is 3.98. The number of nitrogens with zero attached hydrogens (tertiary/aromatic N) is 5. The lowest BCUT2D eigenvalue weighted by Crippen LogP contribution is -2.13. The first-order valence-corrected chi connectivity index (χ1v) is 12.3. The van der Waals surface area contributed by atoms with Gasteiger partial charge in [-0.05, 0) is 36.6 Å². The summed E-state index contributed by atoms with van der Waals surface area (Å²) in [6, 6.07) is 4.95. The Morgan fingerprint density at radius 1 is 1.16 bits per heavy atom. The average molecular weight is 530 g/mol. The summed E-state index contributed by atoms with van der Waals surface area (Å²) in [6.07, 6.45) is 4.77. The minimum atomic E-state index is -2.74. The van der Waals surface area contributed by atoms with Crippen LogP contribution in [0.3, 0.4) is 0 Å². The maximum Gasteiger partial charge on any atom is 0.338 e. The molecule has 0 amide bonds. The lowest BCUT2D eigenvalue weighted by Gasteiger charge is -2.12. The molecular formula is C26H29F2N5O5. The summed E-state index contributed by atoms with van der Waals surface area (Å²) in [7, 11) is 0. The van der Waals surface area contributed by atoms with Crippen molar-refractivity contribution in [3.8, 4) is 22.9 Å². The number of alkyl halides is 2. The number of carbonyl (C=O) groups excluding carboxylic acids is 1. The molecule has 4 rings (SSSR count). The van der Waals surface area contributed by atoms with E-state index in [0.717, 1.165) is 6.42 Å². The number of aryl methyl sites for hydroxylation is 2. The number of aliphatic hydroxyl groups excluding tert-OH is 1. The molecular weight excluding hydrogens is 500 g/mol. The Kier molecular flexibility index (Phi) is 8.98. The van der Waals surface area contributed by atoms with E-state index in [0.29, 0.717) is 41.2 Å². The van der Waals surface area contributed by atoms with Crippen LogP contribution in [-0.4, -0.2) is 61.7 Å². The summed E-state index contributed by atoms with van der Waals surface area (Å²) in [5, 5.41) is 12.8. The number of rotatable bonds is 13. The van der Waals surface area contributed by atoms with E-state index in [4.69, 9.17) is 19.3 Å². The van der Waals surface area contributed by atoms with Crippen LogP contribution in [0.4, 0.5) is 8.78 Å². The summed E-state index contributed by atoms with van der Waals surface area (Å²) in [4.78, 5) is 21.2. The zero-order valence-electron chi connectivity index (χ0n) is 21.1. The second kappa shape index (κ2) is 12.6. The Hall–Kier alpha value is -3.90. The SMILES string of the molecule is CCCn1cc(-c2cnc3c(Oc4ccc(C(=O)OCCOCCO)c(CC)c4)nccn23)c(C(F)F)n1. The van der Waals surface area contributed by atoms with Crippen LogP contribution < -0.4 is 4.74 Å². The van der Waals surface area contributed by atoms with Crippen LogP contribution >= 0.6 is 0 Å². The molecule has 0 bridgehead atoms. The van der Waals surface area contributed by atoms with Crippen molar-refractivity contribution in [3.63, 3.8) is 0 Å². The number of aromatic nitrogens is 5. The van der Waals surface area contributed by atoms with Gasteiger partial charge >= 0.3 is 5.97 Å². The number of ether oxygens (including phenoxy) is 3. The molecule has 0 aliphatic heterocycles. The predicted octanol–water partition coefficient (Wildman–Crippen LogP) is 4.46. The van der Waals surface area contributed by atoms with Gasteiger partial charge in [0.05, 0.1) is 37.3 Å². The van der Waals surface area contributed by atoms with Crippen LogP contribution in [0.2, 0.25) is 0 Å². The molecule has 0 unspecified atom stereocenters. The molecule has 4 aromatic rings. The Morgan fingerprint density at radius 3 is 2.74 bits per heavy atom. The van der Waals surface area contributed by atoms with E-state index in [1.54, 1.807) is 35.0 Å². The van der Waals surface area contributed by atoms with Crippen molar-refractivity contribution >= 4 is 11.6 Å². The highest BCUT2D eigenvalue weighted by molar-refractivity contribution is 5.91. The van der Waals surface area contributed by atoms with Gasteiger partial charge in [0.15, 0.2) is 0 Å². The van der Waals surface area contributed by atoms with E-state index in [1.165, 1.54) is 17.1 Å². The van der Waals surface area contributed by atoms with Gasteiger partial charge in [0, 0.05) is 30.7 Å². The molecule has 0 saturated heterocycles. The molecule has 1 N–H and O–H groups in total. The second-order valence-electron chi connectivity index (χ2n) is 8.31. The summed E-state index contributed by atoms with van der Waals surface area (Å²) in [6.45, 7) is 4.71. The first-order valence-electron chi connectivity index (χ1n) is 12.3. The average Bonchev–Trinajstić information content (AvgIpc) is 3.53. The highest BCUT2D eigenvalue weighted by Gasteiger charge is 2.23. The molecule has 0 atom stereocenters. The fraction of sp³-hybridized carbons (Fsp3) is 0.385. The number of halogens is 2. The van der Waals surface area contributed by atoms with Crippen molar-refractivity contribution in [2.24, 2.45) is 0 Å². The maximum absolute atomic E-state index is 13.7. The molecule has 0 spiro atoms. The third-order valence-corrected chi connectivity index (χ3v) is 5.71. The predicted molar refractivity (Wildman–Crippen MR) is 134 cm³/mol. The van der Waals surface area contributed by atoms with E-state index in [-0.39, 0.29) is 43.6 Å².